The van der Waals surface area contributed by atoms with Crippen LogP contribution in [0.15, 0.2) is 18.2 Å². The van der Waals surface area contributed by atoms with Crippen LogP contribution < -0.4 is 5.73 Å². The Morgan fingerprint density at radius 3 is 2.93 bits per heavy atom. The Morgan fingerprint density at radius 2 is 2.27 bits per heavy atom. The van der Waals surface area contributed by atoms with Crippen LogP contribution in [0.25, 0.3) is 10.9 Å². The van der Waals surface area contributed by atoms with Crippen LogP contribution in [0.4, 0.5) is 0 Å². The maximum atomic E-state index is 6.20. The van der Waals surface area contributed by atoms with Gasteiger partial charge in [0, 0.05) is 11.9 Å². The summed E-state index contributed by atoms with van der Waals surface area (Å²) >= 11 is 6.20. The standard InChI is InChI=1S/C11H14ClN3/c1-2-15-11(12)9-7-8(5-6-13)3-4-10(9)14-15/h3-4,7H,2,5-6,13H2,1H3. The first-order valence-corrected chi connectivity index (χ1v) is 5.49. The van der Waals surface area contributed by atoms with Crippen molar-refractivity contribution in [2.24, 2.45) is 5.73 Å². The smallest absolute Gasteiger partial charge is 0.134 e. The molecule has 4 heteroatoms. The Hall–Kier alpha value is -1.06. The fraction of sp³-hybridized carbons (Fsp3) is 0.364. The number of nitrogens with two attached hydrogens (primary N) is 1. The minimum Gasteiger partial charge on any atom is -0.330 e. The molecule has 80 valence electrons. The van der Waals surface area contributed by atoms with E-state index in [0.29, 0.717) is 11.7 Å². The van der Waals surface area contributed by atoms with Crippen LogP contribution in [0.2, 0.25) is 5.15 Å². The molecule has 3 nitrogen and oxygen atoms in total. The monoisotopic (exact) mass is 223 g/mol. The van der Waals surface area contributed by atoms with Gasteiger partial charge in [-0.3, -0.25) is 4.68 Å². The highest BCUT2D eigenvalue weighted by atomic mass is 35.5. The maximum absolute atomic E-state index is 6.20. The Bertz CT molecular complexity index is 476. The molecule has 2 aromatic rings. The number of fused-ring (bicyclic) bond motifs is 1. The summed E-state index contributed by atoms with van der Waals surface area (Å²) in [5.74, 6) is 0. The lowest BCUT2D eigenvalue weighted by Gasteiger charge is -1.98. The third-order valence-electron chi connectivity index (χ3n) is 2.47. The normalized spacial score (nSPS) is 11.1. The van der Waals surface area contributed by atoms with Crippen molar-refractivity contribution in [1.29, 1.82) is 0 Å². The summed E-state index contributed by atoms with van der Waals surface area (Å²) in [6, 6.07) is 6.13. The highest BCUT2D eigenvalue weighted by molar-refractivity contribution is 6.34. The van der Waals surface area contributed by atoms with Crippen LogP contribution in [-0.4, -0.2) is 16.3 Å². The summed E-state index contributed by atoms with van der Waals surface area (Å²) in [5, 5.41) is 6.12. The second kappa shape index (κ2) is 4.21. The van der Waals surface area contributed by atoms with E-state index in [1.54, 1.807) is 4.68 Å². The van der Waals surface area contributed by atoms with Gasteiger partial charge in [0.15, 0.2) is 0 Å². The van der Waals surface area contributed by atoms with E-state index in [2.05, 4.69) is 17.2 Å². The molecule has 1 aromatic heterocycles. The Labute approximate surface area is 93.8 Å². The number of benzene rings is 1. The highest BCUT2D eigenvalue weighted by Crippen LogP contribution is 2.24. The predicted molar refractivity (Wildman–Crippen MR) is 63.2 cm³/mol. The topological polar surface area (TPSA) is 43.8 Å². The van der Waals surface area contributed by atoms with Crippen molar-refractivity contribution in [2.45, 2.75) is 19.9 Å². The third-order valence-corrected chi connectivity index (χ3v) is 2.87. The first-order valence-electron chi connectivity index (χ1n) is 5.11. The molecular formula is C11H14ClN3. The van der Waals surface area contributed by atoms with Crippen molar-refractivity contribution in [3.05, 3.63) is 28.9 Å². The van der Waals surface area contributed by atoms with Crippen molar-refractivity contribution in [3.63, 3.8) is 0 Å². The first kappa shape index (κ1) is 10.5. The van der Waals surface area contributed by atoms with E-state index < -0.39 is 0 Å². The maximum Gasteiger partial charge on any atom is 0.134 e. The molecule has 0 aliphatic rings. The molecule has 0 aliphatic heterocycles. The zero-order chi connectivity index (χ0) is 10.8. The number of hydrogen-bond acceptors (Lipinski definition) is 2. The molecular weight excluding hydrogens is 210 g/mol. The highest BCUT2D eigenvalue weighted by Gasteiger charge is 2.07. The average Bonchev–Trinajstić information content (AvgIpc) is 2.56. The Morgan fingerprint density at radius 1 is 1.47 bits per heavy atom. The molecule has 0 fully saturated rings. The molecule has 2 N–H and O–H groups in total. The SMILES string of the molecule is CCn1nc2ccc(CCN)cc2c1Cl. The number of halogens is 1. The Kier molecular flexibility index (Phi) is 2.93. The van der Waals surface area contributed by atoms with Gasteiger partial charge < -0.3 is 5.73 Å². The van der Waals surface area contributed by atoms with Crippen molar-refractivity contribution >= 4 is 22.5 Å². The molecule has 0 amide bonds. The van der Waals surface area contributed by atoms with Crippen LogP contribution >= 0.6 is 11.6 Å². The minimum atomic E-state index is 0.658. The molecule has 0 bridgehead atoms. The second-order valence-electron chi connectivity index (χ2n) is 3.50. The molecule has 0 spiro atoms. The van der Waals surface area contributed by atoms with Gasteiger partial charge in [-0.15, -0.1) is 0 Å². The summed E-state index contributed by atoms with van der Waals surface area (Å²) in [7, 11) is 0. The minimum absolute atomic E-state index is 0.658. The molecule has 1 aromatic carbocycles. The van der Waals surface area contributed by atoms with E-state index >= 15 is 0 Å². The van der Waals surface area contributed by atoms with Crippen LogP contribution in [0.3, 0.4) is 0 Å². The lowest BCUT2D eigenvalue weighted by molar-refractivity contribution is 0.669. The van der Waals surface area contributed by atoms with Crippen molar-refractivity contribution < 1.29 is 0 Å². The zero-order valence-electron chi connectivity index (χ0n) is 8.70. The third kappa shape index (κ3) is 1.85. The Balaban J connectivity index is 2.54. The summed E-state index contributed by atoms with van der Waals surface area (Å²) in [6.07, 6.45) is 0.879. The van der Waals surface area contributed by atoms with Gasteiger partial charge in [-0.25, -0.2) is 0 Å². The van der Waals surface area contributed by atoms with Crippen LogP contribution in [-0.2, 0) is 13.0 Å². The molecule has 0 saturated carbocycles. The zero-order valence-corrected chi connectivity index (χ0v) is 9.46. The van der Waals surface area contributed by atoms with Crippen molar-refractivity contribution in [1.82, 2.24) is 9.78 Å². The number of rotatable bonds is 3. The number of aryl methyl sites for hydroxylation is 1. The number of aromatic nitrogens is 2. The molecule has 15 heavy (non-hydrogen) atoms. The molecule has 0 saturated heterocycles. The lowest BCUT2D eigenvalue weighted by atomic mass is 10.1. The van der Waals surface area contributed by atoms with E-state index in [0.717, 1.165) is 23.9 Å². The van der Waals surface area contributed by atoms with E-state index in [1.807, 2.05) is 13.0 Å². The van der Waals surface area contributed by atoms with Crippen LogP contribution in [0.1, 0.15) is 12.5 Å². The van der Waals surface area contributed by atoms with Gasteiger partial charge >= 0.3 is 0 Å². The van der Waals surface area contributed by atoms with Crippen molar-refractivity contribution in [2.75, 3.05) is 6.54 Å². The van der Waals surface area contributed by atoms with Gasteiger partial charge in [-0.1, -0.05) is 17.7 Å². The van der Waals surface area contributed by atoms with Gasteiger partial charge in [-0.2, -0.15) is 5.10 Å². The lowest BCUT2D eigenvalue weighted by Crippen LogP contribution is -2.02. The molecule has 2 rings (SSSR count). The first-order chi connectivity index (χ1) is 7.26. The summed E-state index contributed by atoms with van der Waals surface area (Å²) in [6.45, 7) is 3.48. The van der Waals surface area contributed by atoms with Crippen molar-refractivity contribution in [3.8, 4) is 0 Å². The summed E-state index contributed by atoms with van der Waals surface area (Å²) < 4.78 is 1.80. The molecule has 1 heterocycles. The summed E-state index contributed by atoms with van der Waals surface area (Å²) in [5.41, 5.74) is 7.68. The molecule has 0 unspecified atom stereocenters. The number of nitrogens with zero attached hydrogens (tertiary/aromatic N) is 2. The molecule has 0 atom stereocenters. The largest absolute Gasteiger partial charge is 0.330 e. The predicted octanol–water partition coefficient (Wildman–Crippen LogP) is 2.21. The van der Waals surface area contributed by atoms with Gasteiger partial charge in [-0.05, 0) is 37.6 Å². The van der Waals surface area contributed by atoms with Gasteiger partial charge in [0.1, 0.15) is 5.15 Å². The van der Waals surface area contributed by atoms with Gasteiger partial charge in [0.05, 0.1) is 5.52 Å². The van der Waals surface area contributed by atoms with Crippen LogP contribution in [0, 0.1) is 0 Å². The second-order valence-corrected chi connectivity index (χ2v) is 3.85. The number of hydrogen-bond donors (Lipinski definition) is 1. The van der Waals surface area contributed by atoms with E-state index in [9.17, 15) is 0 Å². The van der Waals surface area contributed by atoms with Crippen LogP contribution in [0.5, 0.6) is 0 Å². The van der Waals surface area contributed by atoms with Gasteiger partial charge in [0.25, 0.3) is 0 Å². The molecule has 0 aliphatic carbocycles. The fourth-order valence-electron chi connectivity index (χ4n) is 1.68. The van der Waals surface area contributed by atoms with E-state index in [1.165, 1.54) is 5.56 Å². The van der Waals surface area contributed by atoms with E-state index in [-0.39, 0.29) is 0 Å². The fourth-order valence-corrected chi connectivity index (χ4v) is 1.99. The van der Waals surface area contributed by atoms with E-state index in [4.69, 9.17) is 17.3 Å². The van der Waals surface area contributed by atoms with Gasteiger partial charge in [0.2, 0.25) is 0 Å². The average molecular weight is 224 g/mol. The molecule has 0 radical (unpaired) electrons. The summed E-state index contributed by atoms with van der Waals surface area (Å²) in [4.78, 5) is 0. The quantitative estimate of drug-likeness (QED) is 0.867.